The first-order chi connectivity index (χ1) is 15.3. The summed E-state index contributed by atoms with van der Waals surface area (Å²) in [6.07, 6.45) is 1.33. The van der Waals surface area contributed by atoms with Gasteiger partial charge in [0.15, 0.2) is 0 Å². The van der Waals surface area contributed by atoms with Crippen LogP contribution in [0.1, 0.15) is 59.2 Å². The quantitative estimate of drug-likeness (QED) is 0.665. The number of nitrogens with one attached hydrogen (secondary N) is 2. The van der Waals surface area contributed by atoms with Gasteiger partial charge in [-0.15, -0.1) is 11.3 Å². The Labute approximate surface area is 194 Å². The number of hydrogen-bond donors (Lipinski definition) is 2. The van der Waals surface area contributed by atoms with E-state index in [1.165, 1.54) is 11.3 Å². The van der Waals surface area contributed by atoms with E-state index in [4.69, 9.17) is 0 Å². The molecule has 2 aromatic rings. The summed E-state index contributed by atoms with van der Waals surface area (Å²) in [4.78, 5) is 41.1. The molecular weight excluding hydrogens is 422 g/mol. The van der Waals surface area contributed by atoms with Gasteiger partial charge >= 0.3 is 0 Å². The third-order valence-corrected chi connectivity index (χ3v) is 7.15. The van der Waals surface area contributed by atoms with Crippen molar-refractivity contribution in [1.82, 2.24) is 15.5 Å². The summed E-state index contributed by atoms with van der Waals surface area (Å²) < 4.78 is 0. The fraction of sp³-hybridized carbons (Fsp3) is 0.480. The molecule has 172 valence electrons. The minimum absolute atomic E-state index is 0.00634. The minimum atomic E-state index is -0.623. The van der Waals surface area contributed by atoms with Crippen molar-refractivity contribution in [1.29, 1.82) is 0 Å². The largest absolute Gasteiger partial charge is 0.352 e. The van der Waals surface area contributed by atoms with Gasteiger partial charge in [0.2, 0.25) is 5.91 Å². The second-order valence-electron chi connectivity index (χ2n) is 8.97. The molecule has 0 radical (unpaired) electrons. The molecule has 6 nitrogen and oxygen atoms in total. The monoisotopic (exact) mass is 455 g/mol. The molecule has 1 aliphatic rings. The van der Waals surface area contributed by atoms with Crippen molar-refractivity contribution in [2.75, 3.05) is 13.1 Å². The Kier molecular flexibility index (Phi) is 8.07. The molecule has 1 aliphatic heterocycles. The van der Waals surface area contributed by atoms with Gasteiger partial charge in [0.05, 0.1) is 4.88 Å². The molecule has 3 rings (SSSR count). The Bertz CT molecular complexity index is 916. The van der Waals surface area contributed by atoms with E-state index in [1.54, 1.807) is 6.07 Å². The predicted octanol–water partition coefficient (Wildman–Crippen LogP) is 3.87. The van der Waals surface area contributed by atoms with Gasteiger partial charge in [-0.2, -0.15) is 0 Å². The lowest BCUT2D eigenvalue weighted by Gasteiger charge is -2.36. The molecule has 2 heterocycles. The summed E-state index contributed by atoms with van der Waals surface area (Å²) in [6.45, 7) is 9.21. The highest BCUT2D eigenvalue weighted by Gasteiger charge is 2.35. The smallest absolute Gasteiger partial charge is 0.262 e. The molecule has 0 bridgehead atoms. The SMILES string of the molecule is Cc1ccc(C(=O)N2CCC([C@H](NC(=O)c3cccs3)C(=O)N[C@H](C)C(C)C)CC2)cc1. The second kappa shape index (κ2) is 10.8. The molecule has 1 fully saturated rings. The van der Waals surface area contributed by atoms with Gasteiger partial charge in [-0.05, 0) is 62.1 Å². The van der Waals surface area contributed by atoms with Crippen LogP contribution in [-0.4, -0.2) is 47.8 Å². The van der Waals surface area contributed by atoms with Crippen molar-refractivity contribution in [2.45, 2.75) is 52.6 Å². The molecule has 2 N–H and O–H groups in total. The highest BCUT2D eigenvalue weighted by atomic mass is 32.1. The van der Waals surface area contributed by atoms with Gasteiger partial charge in [0, 0.05) is 24.7 Å². The van der Waals surface area contributed by atoms with Gasteiger partial charge in [0.25, 0.3) is 11.8 Å². The van der Waals surface area contributed by atoms with Crippen molar-refractivity contribution < 1.29 is 14.4 Å². The summed E-state index contributed by atoms with van der Waals surface area (Å²) in [5, 5.41) is 7.88. The molecule has 0 aliphatic carbocycles. The number of benzene rings is 1. The third kappa shape index (κ3) is 5.97. The highest BCUT2D eigenvalue weighted by Crippen LogP contribution is 2.24. The van der Waals surface area contributed by atoms with Crippen LogP contribution < -0.4 is 10.6 Å². The van der Waals surface area contributed by atoms with E-state index in [2.05, 4.69) is 24.5 Å². The number of hydrogen-bond acceptors (Lipinski definition) is 4. The Hall–Kier alpha value is -2.67. The topological polar surface area (TPSA) is 78.5 Å². The van der Waals surface area contributed by atoms with Crippen LogP contribution in [-0.2, 0) is 4.79 Å². The highest BCUT2D eigenvalue weighted by molar-refractivity contribution is 7.12. The number of amides is 3. The summed E-state index contributed by atoms with van der Waals surface area (Å²) in [6, 6.07) is 10.6. The number of carbonyl (C=O) groups is 3. The average molecular weight is 456 g/mol. The molecule has 7 heteroatoms. The van der Waals surface area contributed by atoms with E-state index in [1.807, 2.05) is 54.5 Å². The molecule has 1 aromatic carbocycles. The number of likely N-dealkylation sites (tertiary alicyclic amines) is 1. The summed E-state index contributed by atoms with van der Waals surface area (Å²) >= 11 is 1.36. The first-order valence-corrected chi connectivity index (χ1v) is 12.1. The van der Waals surface area contributed by atoms with Crippen molar-refractivity contribution in [2.24, 2.45) is 11.8 Å². The van der Waals surface area contributed by atoms with Gasteiger partial charge < -0.3 is 15.5 Å². The Morgan fingerprint density at radius 3 is 2.22 bits per heavy atom. The fourth-order valence-electron chi connectivity index (χ4n) is 3.81. The lowest BCUT2D eigenvalue weighted by Crippen LogP contribution is -2.55. The maximum atomic E-state index is 13.1. The standard InChI is InChI=1S/C25H33N3O3S/c1-16(2)18(4)26-24(30)22(27-23(29)21-6-5-15-32-21)19-11-13-28(14-12-19)25(31)20-9-7-17(3)8-10-20/h5-10,15-16,18-19,22H,11-14H2,1-4H3,(H,26,30)(H,27,29)/t18-,22+/m1/s1. The van der Waals surface area contributed by atoms with Gasteiger partial charge in [0.1, 0.15) is 6.04 Å². The van der Waals surface area contributed by atoms with Crippen LogP contribution in [0.4, 0.5) is 0 Å². The van der Waals surface area contributed by atoms with Crippen molar-refractivity contribution in [3.05, 3.63) is 57.8 Å². The summed E-state index contributed by atoms with van der Waals surface area (Å²) in [5.74, 6) is -0.0997. The lowest BCUT2D eigenvalue weighted by molar-refractivity contribution is -0.125. The van der Waals surface area contributed by atoms with Gasteiger partial charge in [-0.1, -0.05) is 37.6 Å². The van der Waals surface area contributed by atoms with E-state index in [0.29, 0.717) is 42.3 Å². The van der Waals surface area contributed by atoms with Gasteiger partial charge in [-0.3, -0.25) is 14.4 Å². The van der Waals surface area contributed by atoms with E-state index in [-0.39, 0.29) is 29.7 Å². The zero-order chi connectivity index (χ0) is 23.3. The number of aryl methyl sites for hydroxylation is 1. The first kappa shape index (κ1) is 24.0. The maximum Gasteiger partial charge on any atom is 0.262 e. The normalized spacial score (nSPS) is 16.5. The van der Waals surface area contributed by atoms with Crippen molar-refractivity contribution in [3.8, 4) is 0 Å². The van der Waals surface area contributed by atoms with Crippen LogP contribution >= 0.6 is 11.3 Å². The number of carbonyl (C=O) groups excluding carboxylic acids is 3. The Morgan fingerprint density at radius 2 is 1.66 bits per heavy atom. The van der Waals surface area contributed by atoms with Gasteiger partial charge in [-0.25, -0.2) is 0 Å². The Morgan fingerprint density at radius 1 is 1.00 bits per heavy atom. The number of piperidine rings is 1. The molecule has 1 saturated heterocycles. The van der Waals surface area contributed by atoms with Crippen LogP contribution in [0, 0.1) is 18.8 Å². The molecule has 2 atom stereocenters. The molecular formula is C25H33N3O3S. The van der Waals surface area contributed by atoms with Crippen molar-refractivity contribution in [3.63, 3.8) is 0 Å². The number of nitrogens with zero attached hydrogens (tertiary/aromatic N) is 1. The second-order valence-corrected chi connectivity index (χ2v) is 9.91. The number of rotatable bonds is 7. The van der Waals surface area contributed by atoms with E-state index >= 15 is 0 Å². The van der Waals surface area contributed by atoms with Crippen LogP contribution in [0.5, 0.6) is 0 Å². The molecule has 1 aromatic heterocycles. The van der Waals surface area contributed by atoms with Crippen LogP contribution in [0.2, 0.25) is 0 Å². The molecule has 0 spiro atoms. The third-order valence-electron chi connectivity index (χ3n) is 6.28. The van der Waals surface area contributed by atoms with Crippen LogP contribution in [0.25, 0.3) is 0 Å². The Balaban J connectivity index is 1.68. The van der Waals surface area contributed by atoms with E-state index in [9.17, 15) is 14.4 Å². The lowest BCUT2D eigenvalue weighted by atomic mass is 9.88. The molecule has 3 amide bonds. The predicted molar refractivity (Wildman–Crippen MR) is 128 cm³/mol. The molecule has 0 unspecified atom stereocenters. The first-order valence-electron chi connectivity index (χ1n) is 11.3. The fourth-order valence-corrected chi connectivity index (χ4v) is 4.44. The summed E-state index contributed by atoms with van der Waals surface area (Å²) in [7, 11) is 0. The maximum absolute atomic E-state index is 13.1. The van der Waals surface area contributed by atoms with Crippen molar-refractivity contribution >= 4 is 29.1 Å². The average Bonchev–Trinajstić information content (AvgIpc) is 3.32. The number of thiophene rings is 1. The molecule has 0 saturated carbocycles. The van der Waals surface area contributed by atoms with E-state index in [0.717, 1.165) is 5.56 Å². The minimum Gasteiger partial charge on any atom is -0.352 e. The zero-order valence-corrected chi connectivity index (χ0v) is 20.1. The van der Waals surface area contributed by atoms with Crippen LogP contribution in [0.15, 0.2) is 41.8 Å². The van der Waals surface area contributed by atoms with Crippen LogP contribution in [0.3, 0.4) is 0 Å². The summed E-state index contributed by atoms with van der Waals surface area (Å²) in [5.41, 5.74) is 1.80. The van der Waals surface area contributed by atoms with E-state index < -0.39 is 6.04 Å². The molecule has 32 heavy (non-hydrogen) atoms. The zero-order valence-electron chi connectivity index (χ0n) is 19.3.